The number of primary amides is 1. The molecule has 0 saturated carbocycles. The number of fused-ring (bicyclic) bond motifs is 3. The van der Waals surface area contributed by atoms with E-state index in [0.29, 0.717) is 22.6 Å². The van der Waals surface area contributed by atoms with Crippen LogP contribution in [0.1, 0.15) is 42.8 Å². The van der Waals surface area contributed by atoms with Gasteiger partial charge in [-0.05, 0) is 25.5 Å². The summed E-state index contributed by atoms with van der Waals surface area (Å²) in [6.07, 6.45) is 4.87. The molecule has 0 radical (unpaired) electrons. The van der Waals surface area contributed by atoms with Gasteiger partial charge in [0.25, 0.3) is 0 Å². The summed E-state index contributed by atoms with van der Waals surface area (Å²) < 4.78 is 17.4. The van der Waals surface area contributed by atoms with Gasteiger partial charge in [0.05, 0.1) is 29.3 Å². The number of carbonyl (C=O) groups is 1. The van der Waals surface area contributed by atoms with E-state index in [1.54, 1.807) is 22.8 Å². The highest BCUT2D eigenvalue weighted by atomic mass is 19.1. The summed E-state index contributed by atoms with van der Waals surface area (Å²) in [5, 5.41) is 12.9. The fraction of sp³-hybridized carbons (Fsp3) is 0.286. The molecular formula is C21H20FN7O. The number of rotatable bonds is 3. The molecule has 0 aromatic carbocycles. The number of hydrogen-bond donors (Lipinski definition) is 1. The Bertz CT molecular complexity index is 1310. The van der Waals surface area contributed by atoms with Crippen molar-refractivity contribution in [1.29, 1.82) is 0 Å². The third-order valence-corrected chi connectivity index (χ3v) is 5.87. The van der Waals surface area contributed by atoms with Crippen LogP contribution < -0.4 is 5.73 Å². The highest BCUT2D eigenvalue weighted by Gasteiger charge is 2.57. The Labute approximate surface area is 171 Å². The van der Waals surface area contributed by atoms with Gasteiger partial charge >= 0.3 is 0 Å². The van der Waals surface area contributed by atoms with Gasteiger partial charge in [-0.3, -0.25) is 4.79 Å². The number of pyridine rings is 2. The van der Waals surface area contributed by atoms with Crippen LogP contribution in [-0.4, -0.2) is 35.5 Å². The molecule has 1 aliphatic rings. The van der Waals surface area contributed by atoms with Gasteiger partial charge in [0.15, 0.2) is 5.82 Å². The normalized spacial score (nSPS) is 19.9. The summed E-state index contributed by atoms with van der Waals surface area (Å²) in [6, 6.07) is 6.65. The quantitative estimate of drug-likeness (QED) is 0.563. The second-order valence-electron chi connectivity index (χ2n) is 8.36. The van der Waals surface area contributed by atoms with Crippen molar-refractivity contribution in [2.24, 2.45) is 5.73 Å². The maximum absolute atomic E-state index is 15.7. The Balaban J connectivity index is 1.92. The van der Waals surface area contributed by atoms with E-state index in [1.165, 1.54) is 23.3 Å². The number of aryl methyl sites for hydroxylation is 1. The third kappa shape index (κ3) is 2.28. The van der Waals surface area contributed by atoms with Crippen molar-refractivity contribution in [3.8, 4) is 5.82 Å². The van der Waals surface area contributed by atoms with Crippen molar-refractivity contribution in [3.05, 3.63) is 71.2 Å². The van der Waals surface area contributed by atoms with Crippen LogP contribution in [0, 0.1) is 12.7 Å². The first-order valence-corrected chi connectivity index (χ1v) is 9.57. The molecular weight excluding hydrogens is 385 g/mol. The Kier molecular flexibility index (Phi) is 3.65. The SMILES string of the molecule is Cc1cc2cc(F)c3c(n2n1)C(C)(C)CC3(C(N)=O)c1cccnc1-n1nccn1. The lowest BCUT2D eigenvalue weighted by atomic mass is 9.72. The average Bonchev–Trinajstić information content (AvgIpc) is 3.38. The zero-order valence-electron chi connectivity index (χ0n) is 16.8. The minimum absolute atomic E-state index is 0.233. The van der Waals surface area contributed by atoms with Crippen LogP contribution in [-0.2, 0) is 15.6 Å². The second-order valence-corrected chi connectivity index (χ2v) is 8.36. The number of hydrogen-bond acceptors (Lipinski definition) is 5. The summed E-state index contributed by atoms with van der Waals surface area (Å²) in [7, 11) is 0. The van der Waals surface area contributed by atoms with Crippen molar-refractivity contribution in [3.63, 3.8) is 0 Å². The number of carbonyl (C=O) groups excluding carboxylic acids is 1. The highest BCUT2D eigenvalue weighted by molar-refractivity contribution is 5.94. The lowest BCUT2D eigenvalue weighted by molar-refractivity contribution is -0.122. The smallest absolute Gasteiger partial charge is 0.232 e. The molecule has 1 aliphatic carbocycles. The van der Waals surface area contributed by atoms with E-state index in [1.807, 2.05) is 26.8 Å². The first-order chi connectivity index (χ1) is 14.3. The summed E-state index contributed by atoms with van der Waals surface area (Å²) in [4.78, 5) is 18.9. The van der Waals surface area contributed by atoms with Gasteiger partial charge in [-0.25, -0.2) is 13.9 Å². The number of nitrogens with zero attached hydrogens (tertiary/aromatic N) is 6. The van der Waals surface area contributed by atoms with E-state index < -0.39 is 22.6 Å². The molecule has 5 rings (SSSR count). The summed E-state index contributed by atoms with van der Waals surface area (Å²) in [5.41, 5.74) is 6.71. The van der Waals surface area contributed by atoms with Gasteiger partial charge in [0, 0.05) is 28.8 Å². The van der Waals surface area contributed by atoms with E-state index >= 15 is 4.39 Å². The monoisotopic (exact) mass is 405 g/mol. The lowest BCUT2D eigenvalue weighted by Crippen LogP contribution is -2.43. The zero-order valence-corrected chi connectivity index (χ0v) is 16.8. The first-order valence-electron chi connectivity index (χ1n) is 9.57. The highest BCUT2D eigenvalue weighted by Crippen LogP contribution is 2.54. The molecule has 0 bridgehead atoms. The van der Waals surface area contributed by atoms with Crippen LogP contribution >= 0.6 is 0 Å². The molecule has 1 atom stereocenters. The van der Waals surface area contributed by atoms with Crippen LogP contribution in [0.3, 0.4) is 0 Å². The number of amides is 1. The standard InChI is InChI=1S/C21H20FN7O/c1-12-9-13-10-15(22)16-17(28(13)27-12)20(2,3)11-21(16,19(23)30)14-5-4-6-24-18(14)29-25-7-8-26-29/h4-10H,11H2,1-3H3,(H2,23,30). The summed E-state index contributed by atoms with van der Waals surface area (Å²) in [6.45, 7) is 5.78. The number of aromatic nitrogens is 6. The van der Waals surface area contributed by atoms with Gasteiger partial charge in [0.1, 0.15) is 11.2 Å². The maximum atomic E-state index is 15.7. The van der Waals surface area contributed by atoms with E-state index in [9.17, 15) is 4.79 Å². The van der Waals surface area contributed by atoms with Gasteiger partial charge in [-0.15, -0.1) is 4.80 Å². The van der Waals surface area contributed by atoms with Crippen LogP contribution in [0.15, 0.2) is 42.9 Å². The Morgan fingerprint density at radius 1 is 1.20 bits per heavy atom. The van der Waals surface area contributed by atoms with Crippen molar-refractivity contribution in [1.82, 2.24) is 29.6 Å². The van der Waals surface area contributed by atoms with Crippen LogP contribution in [0.5, 0.6) is 0 Å². The molecule has 4 aromatic rings. The van der Waals surface area contributed by atoms with Gasteiger partial charge in [-0.2, -0.15) is 15.3 Å². The minimum atomic E-state index is -1.45. The number of halogens is 1. The lowest BCUT2D eigenvalue weighted by Gasteiger charge is -2.30. The molecule has 0 aliphatic heterocycles. The largest absolute Gasteiger partial charge is 0.369 e. The second kappa shape index (κ2) is 5.94. The molecule has 8 nitrogen and oxygen atoms in total. The summed E-state index contributed by atoms with van der Waals surface area (Å²) >= 11 is 0. The predicted molar refractivity (Wildman–Crippen MR) is 107 cm³/mol. The van der Waals surface area contributed by atoms with E-state index in [2.05, 4.69) is 20.3 Å². The van der Waals surface area contributed by atoms with Crippen molar-refractivity contribution in [2.45, 2.75) is 38.0 Å². The molecule has 2 N–H and O–H groups in total. The fourth-order valence-corrected chi connectivity index (χ4v) is 4.88. The van der Waals surface area contributed by atoms with E-state index in [0.717, 1.165) is 5.69 Å². The molecule has 30 heavy (non-hydrogen) atoms. The molecule has 4 aromatic heterocycles. The van der Waals surface area contributed by atoms with Gasteiger partial charge in [-0.1, -0.05) is 19.9 Å². The van der Waals surface area contributed by atoms with Crippen molar-refractivity contribution < 1.29 is 9.18 Å². The van der Waals surface area contributed by atoms with Crippen LogP contribution in [0.2, 0.25) is 0 Å². The van der Waals surface area contributed by atoms with Crippen molar-refractivity contribution in [2.75, 3.05) is 0 Å². The average molecular weight is 405 g/mol. The molecule has 1 amide bonds. The molecule has 152 valence electrons. The number of nitrogens with two attached hydrogens (primary N) is 1. The molecule has 9 heteroatoms. The topological polar surface area (TPSA) is 104 Å². The molecule has 1 unspecified atom stereocenters. The van der Waals surface area contributed by atoms with Gasteiger partial charge < -0.3 is 5.73 Å². The van der Waals surface area contributed by atoms with Crippen LogP contribution in [0.4, 0.5) is 4.39 Å². The minimum Gasteiger partial charge on any atom is -0.369 e. The zero-order chi connectivity index (χ0) is 21.3. The molecule has 0 fully saturated rings. The van der Waals surface area contributed by atoms with Crippen LogP contribution in [0.25, 0.3) is 11.3 Å². The van der Waals surface area contributed by atoms with E-state index in [4.69, 9.17) is 5.73 Å². The Morgan fingerprint density at radius 2 is 1.93 bits per heavy atom. The third-order valence-electron chi connectivity index (χ3n) is 5.87. The van der Waals surface area contributed by atoms with Crippen molar-refractivity contribution >= 4 is 11.4 Å². The molecule has 0 spiro atoms. The molecule has 4 heterocycles. The van der Waals surface area contributed by atoms with E-state index in [-0.39, 0.29) is 12.0 Å². The Morgan fingerprint density at radius 3 is 2.63 bits per heavy atom. The Hall–Kier alpha value is -3.62. The molecule has 0 saturated heterocycles. The first kappa shape index (κ1) is 18.4. The summed E-state index contributed by atoms with van der Waals surface area (Å²) in [5.74, 6) is -0.816. The van der Waals surface area contributed by atoms with Gasteiger partial charge in [0.2, 0.25) is 5.91 Å². The fourth-order valence-electron chi connectivity index (χ4n) is 4.88. The maximum Gasteiger partial charge on any atom is 0.232 e. The predicted octanol–water partition coefficient (Wildman–Crippen LogP) is 2.21.